The van der Waals surface area contributed by atoms with E-state index >= 15 is 0 Å². The Balaban J connectivity index is 1.17. The van der Waals surface area contributed by atoms with E-state index in [1.54, 1.807) is 54.5 Å². The molecule has 550 valence electrons. The maximum atomic E-state index is 13.5. The molecule has 0 aliphatic carbocycles. The Kier molecular flexibility index (Phi) is 34.7. The van der Waals surface area contributed by atoms with Crippen LogP contribution in [0.3, 0.4) is 0 Å². The molecule has 7 N–H and O–H groups in total. The van der Waals surface area contributed by atoms with Crippen LogP contribution in [0.1, 0.15) is 198 Å². The van der Waals surface area contributed by atoms with Crippen LogP contribution in [0.15, 0.2) is 41.6 Å². The van der Waals surface area contributed by atoms with Crippen LogP contribution in [-0.4, -0.2) is 183 Å². The smallest absolute Gasteiger partial charge is 0.494 e. The SMILES string of the molecule is C=C(NC(=O)OC(C)(C)C)N[C@H]1C=C(C(=O)OC)O[C@@H]([C@H](OC(=O)NCCCCCCCC(=O)CC[C@@H](NC(=O)CCCCC)C(=O)CCC(=O)NCCCCCCCC(=O)O[C@@H]([C@@H]2OC=C[C@H](N=C(C)NC(=O)OC(C)(C)C)[C@H]2C)[C@H]2COC(=O)O2)[C@H]2COC(=O)O2)[C@@H]1NC(C)=O. The van der Waals surface area contributed by atoms with Crippen molar-refractivity contribution in [3.05, 3.63) is 36.6 Å². The van der Waals surface area contributed by atoms with Gasteiger partial charge in [-0.3, -0.25) is 44.4 Å². The number of aliphatic imine (C=N–C) groups is 1. The standard InChI is InChI=1S/C67H104N8O23/c1-13-14-21-27-53(80)75-46(48(78)31-32-52(79)68-34-24-19-16-18-23-28-54(81)95-57(50-38-90-64(86)93-50)56-40(2)45(33-36-89-56)70-41(3)72-62(84)97-66(6,7)8)30-29-44(77)26-22-17-15-20-25-35-69-61(83)96-58(51-39-91-65(87)94-51)59-55(74-43(5)76)47(37-49(92-59)60(82)88-12)71-42(4)73-63(85)98-67(9,10)11/h33,36-37,40,45-47,50-51,55-59,71H,4,13-32,34-35,38-39H2,1-3,5-12H3,(H,68,79)(H,69,83)(H,73,85)(H,74,76)(H,75,80)(H,70,72,84)/t40-,45+,46-,47+,50-,51-,55-,56-,57-,58-,59-/m1/s1. The molecule has 0 aromatic rings. The quantitative estimate of drug-likeness (QED) is 0.0103. The molecule has 2 saturated heterocycles. The van der Waals surface area contributed by atoms with Crippen LogP contribution >= 0.6 is 0 Å². The van der Waals surface area contributed by atoms with Crippen LogP contribution in [0.4, 0.5) is 24.0 Å². The highest BCUT2D eigenvalue weighted by Gasteiger charge is 2.51. The molecule has 31 heteroatoms. The monoisotopic (exact) mass is 1390 g/mol. The van der Waals surface area contributed by atoms with Crippen LogP contribution in [0, 0.1) is 5.92 Å². The minimum absolute atomic E-state index is 0.0447. The van der Waals surface area contributed by atoms with Gasteiger partial charge in [-0.15, -0.1) is 0 Å². The first-order valence-corrected chi connectivity index (χ1v) is 33.8. The lowest BCUT2D eigenvalue weighted by molar-refractivity contribution is -0.167. The fourth-order valence-corrected chi connectivity index (χ4v) is 10.8. The minimum atomic E-state index is -1.50. The lowest BCUT2D eigenvalue weighted by Gasteiger charge is -2.41. The van der Waals surface area contributed by atoms with Crippen LogP contribution in [0.2, 0.25) is 0 Å². The first kappa shape index (κ1) is 81.8. The van der Waals surface area contributed by atoms with Crippen molar-refractivity contribution < 1.29 is 110 Å². The van der Waals surface area contributed by atoms with Gasteiger partial charge in [-0.1, -0.05) is 71.8 Å². The third-order valence-electron chi connectivity index (χ3n) is 15.6. The van der Waals surface area contributed by atoms with Gasteiger partial charge in [0, 0.05) is 64.5 Å². The van der Waals surface area contributed by atoms with Crippen LogP contribution in [0.5, 0.6) is 0 Å². The van der Waals surface area contributed by atoms with E-state index in [4.69, 9.17) is 52.1 Å². The van der Waals surface area contributed by atoms with Gasteiger partial charge in [0.2, 0.25) is 23.5 Å². The van der Waals surface area contributed by atoms with E-state index in [0.717, 1.165) is 32.8 Å². The number of esters is 2. The zero-order valence-electron chi connectivity index (χ0n) is 58.6. The summed E-state index contributed by atoms with van der Waals surface area (Å²) < 4.78 is 59.8. The van der Waals surface area contributed by atoms with Crippen LogP contribution in [0.25, 0.3) is 0 Å². The summed E-state index contributed by atoms with van der Waals surface area (Å²) in [4.78, 5) is 158. The molecule has 2 fully saturated rings. The van der Waals surface area contributed by atoms with E-state index in [0.29, 0.717) is 70.2 Å². The van der Waals surface area contributed by atoms with Crippen LogP contribution in [-0.2, 0) is 85.7 Å². The van der Waals surface area contributed by atoms with E-state index < -0.39 is 126 Å². The number of nitrogens with one attached hydrogen (secondary N) is 7. The molecule has 4 aliphatic rings. The van der Waals surface area contributed by atoms with E-state index in [2.05, 4.69) is 48.8 Å². The molecule has 0 unspecified atom stereocenters. The van der Waals surface area contributed by atoms with Gasteiger partial charge in [0.05, 0.1) is 37.5 Å². The molecule has 0 radical (unpaired) electrons. The third kappa shape index (κ3) is 31.2. The van der Waals surface area contributed by atoms with Crippen molar-refractivity contribution in [2.45, 2.75) is 270 Å². The number of cyclic esters (lactones) is 4. The molecular formula is C67H104N8O23. The molecule has 0 aromatic carbocycles. The van der Waals surface area contributed by atoms with Gasteiger partial charge in [-0.2, -0.15) is 0 Å². The number of carbonyl (C=O) groups is 12. The number of methoxy groups -OCH3 is 1. The zero-order chi connectivity index (χ0) is 72.5. The summed E-state index contributed by atoms with van der Waals surface area (Å²) in [5, 5.41) is 19.0. The van der Waals surface area contributed by atoms with E-state index in [-0.39, 0.29) is 99.7 Å². The Bertz CT molecular complexity index is 2830. The van der Waals surface area contributed by atoms with Gasteiger partial charge in [0.15, 0.2) is 36.3 Å². The second-order valence-electron chi connectivity index (χ2n) is 26.4. The van der Waals surface area contributed by atoms with Gasteiger partial charge in [-0.25, -0.2) is 28.8 Å². The number of carbonyl (C=O) groups excluding carboxylic acids is 12. The average Bonchev–Trinajstić information content (AvgIpc) is 1.16. The molecule has 4 rings (SSSR count). The number of hydrogen-bond acceptors (Lipinski definition) is 25. The second kappa shape index (κ2) is 41.6. The molecule has 0 bridgehead atoms. The summed E-state index contributed by atoms with van der Waals surface area (Å²) in [6.45, 7) is 20.7. The van der Waals surface area contributed by atoms with Gasteiger partial charge < -0.3 is 78.7 Å². The molecule has 11 atom stereocenters. The first-order chi connectivity index (χ1) is 46.3. The van der Waals surface area contributed by atoms with Crippen molar-refractivity contribution in [1.29, 1.82) is 0 Å². The number of ketones is 2. The summed E-state index contributed by atoms with van der Waals surface area (Å²) in [5.74, 6) is -3.66. The molecule has 0 saturated carbocycles. The minimum Gasteiger partial charge on any atom is -0.494 e. The van der Waals surface area contributed by atoms with Crippen LogP contribution < -0.4 is 37.2 Å². The molecule has 4 heterocycles. The summed E-state index contributed by atoms with van der Waals surface area (Å²) in [7, 11) is 1.10. The van der Waals surface area contributed by atoms with Crippen molar-refractivity contribution in [1.82, 2.24) is 37.2 Å². The van der Waals surface area contributed by atoms with E-state index in [1.807, 2.05) is 13.8 Å². The number of unbranched alkanes of at least 4 members (excludes halogenated alkanes) is 10. The Morgan fingerprint density at radius 1 is 0.643 bits per heavy atom. The van der Waals surface area contributed by atoms with Gasteiger partial charge >= 0.3 is 42.5 Å². The number of hydrogen-bond donors (Lipinski definition) is 7. The number of amides is 6. The number of rotatable bonds is 40. The molecule has 31 nitrogen and oxygen atoms in total. The summed E-state index contributed by atoms with van der Waals surface area (Å²) in [5.41, 5.74) is -1.56. The van der Waals surface area contributed by atoms with Crippen molar-refractivity contribution >= 4 is 77.7 Å². The van der Waals surface area contributed by atoms with Gasteiger partial charge in [0.25, 0.3) is 0 Å². The molecule has 98 heavy (non-hydrogen) atoms. The third-order valence-corrected chi connectivity index (χ3v) is 15.6. The van der Waals surface area contributed by atoms with Crippen molar-refractivity contribution in [2.75, 3.05) is 33.4 Å². The summed E-state index contributed by atoms with van der Waals surface area (Å²) >= 11 is 0. The van der Waals surface area contributed by atoms with E-state index in [9.17, 15) is 57.5 Å². The number of amidine groups is 1. The summed E-state index contributed by atoms with van der Waals surface area (Å²) in [6.07, 6.45) is 2.31. The Morgan fingerprint density at radius 2 is 1.21 bits per heavy atom. The molecule has 6 amide bonds. The number of ether oxygens (including phenoxy) is 11. The highest BCUT2D eigenvalue weighted by molar-refractivity contribution is 5.94. The lowest BCUT2D eigenvalue weighted by Crippen LogP contribution is -2.64. The van der Waals surface area contributed by atoms with Crippen molar-refractivity contribution in [3.63, 3.8) is 0 Å². The highest BCUT2D eigenvalue weighted by atomic mass is 16.8. The highest BCUT2D eigenvalue weighted by Crippen LogP contribution is 2.32. The predicted molar refractivity (Wildman–Crippen MR) is 351 cm³/mol. The Labute approximate surface area is 573 Å². The molecular weight excluding hydrogens is 1280 g/mol. The number of alkyl carbamates (subject to hydrolysis) is 3. The lowest BCUT2D eigenvalue weighted by atomic mass is 9.88. The fraction of sp³-hybridized carbons (Fsp3) is 0.716. The number of Topliss-reactive ketones (excluding diaryl/α,β-unsaturated/α-hetero) is 2. The normalized spacial score (nSPS) is 21.3. The van der Waals surface area contributed by atoms with Gasteiger partial charge in [0.1, 0.15) is 48.0 Å². The van der Waals surface area contributed by atoms with E-state index in [1.165, 1.54) is 19.3 Å². The predicted octanol–water partition coefficient (Wildman–Crippen LogP) is 7.40. The maximum Gasteiger partial charge on any atom is 0.508 e. The molecule has 4 aliphatic heterocycles. The topological polar surface area (TPSA) is 403 Å². The second-order valence-corrected chi connectivity index (χ2v) is 26.4. The Morgan fingerprint density at radius 3 is 1.80 bits per heavy atom. The largest absolute Gasteiger partial charge is 0.508 e. The van der Waals surface area contributed by atoms with Gasteiger partial charge in [-0.05, 0) is 99.1 Å². The molecule has 0 spiro atoms. The zero-order valence-corrected chi connectivity index (χ0v) is 58.6. The summed E-state index contributed by atoms with van der Waals surface area (Å²) in [6, 6.07) is -3.69. The fourth-order valence-electron chi connectivity index (χ4n) is 10.8. The molecule has 0 aromatic heterocycles. The Hall–Kier alpha value is -8.67. The van der Waals surface area contributed by atoms with Crippen molar-refractivity contribution in [2.24, 2.45) is 10.9 Å². The maximum absolute atomic E-state index is 13.5. The average molecular weight is 1390 g/mol. The number of nitrogens with zero attached hydrogens (tertiary/aromatic N) is 1. The van der Waals surface area contributed by atoms with Crippen molar-refractivity contribution in [3.8, 4) is 0 Å². The first-order valence-electron chi connectivity index (χ1n) is 33.8.